The monoisotopic (exact) mass is 382 g/mol. The fourth-order valence-corrected chi connectivity index (χ4v) is 2.81. The molecule has 5 nitrogen and oxygen atoms in total. The third kappa shape index (κ3) is 4.99. The van der Waals surface area contributed by atoms with Crippen LogP contribution in [-0.2, 0) is 20.2 Å². The molecule has 3 aromatic rings. The lowest BCUT2D eigenvalue weighted by molar-refractivity contribution is 0.0941. The molecule has 0 spiro atoms. The zero-order valence-corrected chi connectivity index (χ0v) is 15.6. The van der Waals surface area contributed by atoms with Crippen LogP contribution in [0.25, 0.3) is 0 Å². The van der Waals surface area contributed by atoms with Crippen LogP contribution in [0.5, 0.6) is 5.75 Å². The number of hydrogen-bond donors (Lipinski definition) is 1. The maximum atomic E-state index is 12.4. The molecule has 0 radical (unpaired) electrons. The third-order valence-corrected chi connectivity index (χ3v) is 4.25. The van der Waals surface area contributed by atoms with E-state index in [2.05, 4.69) is 5.32 Å². The zero-order chi connectivity index (χ0) is 19.2. The van der Waals surface area contributed by atoms with Gasteiger partial charge in [-0.15, -0.1) is 0 Å². The van der Waals surface area contributed by atoms with Gasteiger partial charge in [0.1, 0.15) is 12.3 Å². The Kier molecular flexibility index (Phi) is 5.94. The number of aryl methyl sites for hydroxylation is 1. The molecule has 0 bridgehead atoms. The molecule has 0 aliphatic rings. The van der Waals surface area contributed by atoms with Gasteiger partial charge >= 0.3 is 0 Å². The highest BCUT2D eigenvalue weighted by atomic mass is 35.5. The minimum Gasteiger partial charge on any atom is -0.483 e. The standard InChI is InChI=1S/C21H19ClN2O3/c1-24-13-20(27-14-15-6-3-2-4-7-15)19(25)11-18(24)21(26)23-12-16-8-5-9-17(22)10-16/h2-11,13H,12,14H2,1H3,(H,23,26). The summed E-state index contributed by atoms with van der Waals surface area (Å²) in [7, 11) is 1.70. The van der Waals surface area contributed by atoms with E-state index in [1.54, 1.807) is 23.7 Å². The van der Waals surface area contributed by atoms with Crippen molar-refractivity contribution in [2.75, 3.05) is 0 Å². The number of benzene rings is 2. The summed E-state index contributed by atoms with van der Waals surface area (Å²) in [4.78, 5) is 24.7. The van der Waals surface area contributed by atoms with Gasteiger partial charge in [-0.25, -0.2) is 0 Å². The molecule has 0 aliphatic carbocycles. The van der Waals surface area contributed by atoms with Gasteiger partial charge in [0, 0.05) is 24.7 Å². The largest absolute Gasteiger partial charge is 0.483 e. The first-order chi connectivity index (χ1) is 13.0. The number of carbonyl (C=O) groups excluding carboxylic acids is 1. The maximum absolute atomic E-state index is 12.4. The van der Waals surface area contributed by atoms with Gasteiger partial charge in [-0.2, -0.15) is 0 Å². The number of rotatable bonds is 6. The Bertz CT molecular complexity index is 1000. The first-order valence-corrected chi connectivity index (χ1v) is 8.81. The summed E-state index contributed by atoms with van der Waals surface area (Å²) < 4.78 is 7.18. The molecule has 138 valence electrons. The van der Waals surface area contributed by atoms with Gasteiger partial charge in [0.15, 0.2) is 5.75 Å². The lowest BCUT2D eigenvalue weighted by Gasteiger charge is -2.12. The lowest BCUT2D eigenvalue weighted by Crippen LogP contribution is -2.27. The van der Waals surface area contributed by atoms with Crippen molar-refractivity contribution >= 4 is 17.5 Å². The molecule has 1 amide bonds. The van der Waals surface area contributed by atoms with Crippen LogP contribution in [-0.4, -0.2) is 10.5 Å². The highest BCUT2D eigenvalue weighted by Gasteiger charge is 2.13. The molecule has 3 rings (SSSR count). The first kappa shape index (κ1) is 18.7. The van der Waals surface area contributed by atoms with Crippen molar-refractivity contribution in [1.29, 1.82) is 0 Å². The summed E-state index contributed by atoms with van der Waals surface area (Å²) in [5.74, 6) is -0.142. The Morgan fingerprint density at radius 2 is 1.81 bits per heavy atom. The Morgan fingerprint density at radius 3 is 2.56 bits per heavy atom. The van der Waals surface area contributed by atoms with Crippen LogP contribution >= 0.6 is 11.6 Å². The molecule has 0 aliphatic heterocycles. The molecule has 1 aromatic heterocycles. The van der Waals surface area contributed by atoms with Crippen LogP contribution in [0.1, 0.15) is 21.6 Å². The van der Waals surface area contributed by atoms with E-state index in [1.807, 2.05) is 42.5 Å². The van der Waals surface area contributed by atoms with Gasteiger partial charge < -0.3 is 14.6 Å². The maximum Gasteiger partial charge on any atom is 0.268 e. The normalized spacial score (nSPS) is 10.4. The average molecular weight is 383 g/mol. The van der Waals surface area contributed by atoms with Gasteiger partial charge in [-0.1, -0.05) is 54.1 Å². The smallest absolute Gasteiger partial charge is 0.268 e. The number of nitrogens with one attached hydrogen (secondary N) is 1. The Morgan fingerprint density at radius 1 is 1.07 bits per heavy atom. The average Bonchev–Trinajstić information content (AvgIpc) is 2.67. The number of carbonyl (C=O) groups is 1. The summed E-state index contributed by atoms with van der Waals surface area (Å²) >= 11 is 5.94. The van der Waals surface area contributed by atoms with E-state index >= 15 is 0 Å². The Balaban J connectivity index is 1.68. The number of amides is 1. The van der Waals surface area contributed by atoms with E-state index in [9.17, 15) is 9.59 Å². The topological polar surface area (TPSA) is 60.3 Å². The van der Waals surface area contributed by atoms with Gasteiger partial charge in [-0.3, -0.25) is 9.59 Å². The molecular weight excluding hydrogens is 364 g/mol. The molecule has 2 aromatic carbocycles. The fourth-order valence-electron chi connectivity index (χ4n) is 2.60. The molecule has 0 fully saturated rings. The number of pyridine rings is 1. The quantitative estimate of drug-likeness (QED) is 0.709. The molecule has 0 atom stereocenters. The second-order valence-corrected chi connectivity index (χ2v) is 6.52. The summed E-state index contributed by atoms with van der Waals surface area (Å²) in [6, 6.07) is 18.1. The third-order valence-electron chi connectivity index (χ3n) is 4.01. The minimum absolute atomic E-state index is 0.202. The van der Waals surface area contributed by atoms with Gasteiger partial charge in [0.2, 0.25) is 5.43 Å². The summed E-state index contributed by atoms with van der Waals surface area (Å²) in [6.07, 6.45) is 1.53. The summed E-state index contributed by atoms with van der Waals surface area (Å²) in [5.41, 5.74) is 1.76. The van der Waals surface area contributed by atoms with Crippen LogP contribution < -0.4 is 15.5 Å². The van der Waals surface area contributed by atoms with Crippen molar-refractivity contribution in [3.8, 4) is 5.75 Å². The zero-order valence-electron chi connectivity index (χ0n) is 14.8. The lowest BCUT2D eigenvalue weighted by atomic mass is 10.2. The molecule has 0 saturated heterocycles. The van der Waals surface area contributed by atoms with E-state index in [0.29, 0.717) is 11.6 Å². The van der Waals surface area contributed by atoms with Crippen LogP contribution in [0, 0.1) is 0 Å². The number of ether oxygens (including phenoxy) is 1. The number of nitrogens with zero attached hydrogens (tertiary/aromatic N) is 1. The predicted molar refractivity (Wildman–Crippen MR) is 105 cm³/mol. The minimum atomic E-state index is -0.343. The molecule has 1 heterocycles. The van der Waals surface area contributed by atoms with Crippen molar-refractivity contribution in [3.63, 3.8) is 0 Å². The number of hydrogen-bond acceptors (Lipinski definition) is 3. The molecular formula is C21H19ClN2O3. The second-order valence-electron chi connectivity index (χ2n) is 6.08. The van der Waals surface area contributed by atoms with Crippen molar-refractivity contribution in [2.24, 2.45) is 7.05 Å². The van der Waals surface area contributed by atoms with Gasteiger partial charge in [-0.05, 0) is 23.3 Å². The van der Waals surface area contributed by atoms with Crippen LogP contribution in [0.3, 0.4) is 0 Å². The van der Waals surface area contributed by atoms with E-state index in [0.717, 1.165) is 11.1 Å². The van der Waals surface area contributed by atoms with Crippen LogP contribution in [0.2, 0.25) is 5.02 Å². The Hall–Kier alpha value is -3.05. The molecule has 27 heavy (non-hydrogen) atoms. The van der Waals surface area contributed by atoms with Crippen molar-refractivity contribution in [2.45, 2.75) is 13.2 Å². The van der Waals surface area contributed by atoms with Crippen molar-refractivity contribution < 1.29 is 9.53 Å². The van der Waals surface area contributed by atoms with Gasteiger partial charge in [0.25, 0.3) is 5.91 Å². The Labute approximate surface area is 162 Å². The second kappa shape index (κ2) is 8.56. The highest BCUT2D eigenvalue weighted by molar-refractivity contribution is 6.30. The van der Waals surface area contributed by atoms with E-state index in [-0.39, 0.29) is 29.4 Å². The summed E-state index contributed by atoms with van der Waals surface area (Å²) in [6.45, 7) is 0.607. The molecule has 6 heteroatoms. The van der Waals surface area contributed by atoms with E-state index in [4.69, 9.17) is 16.3 Å². The van der Waals surface area contributed by atoms with Crippen LogP contribution in [0.15, 0.2) is 71.7 Å². The SMILES string of the molecule is Cn1cc(OCc2ccccc2)c(=O)cc1C(=O)NCc1cccc(Cl)c1. The molecule has 1 N–H and O–H groups in total. The van der Waals surface area contributed by atoms with Gasteiger partial charge in [0.05, 0.1) is 6.20 Å². The highest BCUT2D eigenvalue weighted by Crippen LogP contribution is 2.11. The predicted octanol–water partition coefficient (Wildman–Crippen LogP) is 3.55. The van der Waals surface area contributed by atoms with E-state index < -0.39 is 0 Å². The molecule has 0 unspecified atom stereocenters. The van der Waals surface area contributed by atoms with E-state index in [1.165, 1.54) is 12.3 Å². The van der Waals surface area contributed by atoms with Crippen molar-refractivity contribution in [3.05, 3.63) is 98.9 Å². The van der Waals surface area contributed by atoms with Crippen LogP contribution in [0.4, 0.5) is 0 Å². The number of aromatic nitrogens is 1. The summed E-state index contributed by atoms with van der Waals surface area (Å²) in [5, 5.41) is 3.40. The number of halogens is 1. The fraction of sp³-hybridized carbons (Fsp3) is 0.143. The first-order valence-electron chi connectivity index (χ1n) is 8.43. The molecule has 0 saturated carbocycles. The van der Waals surface area contributed by atoms with Crippen molar-refractivity contribution in [1.82, 2.24) is 9.88 Å².